The average Bonchev–Trinajstić information content (AvgIpc) is 2.96. The second-order valence-electron chi connectivity index (χ2n) is 8.69. The van der Waals surface area contributed by atoms with Gasteiger partial charge in [0.25, 0.3) is 0 Å². The van der Waals surface area contributed by atoms with E-state index in [1.165, 1.54) is 0 Å². The molecule has 0 spiro atoms. The Hall–Kier alpha value is -4.85. The first-order chi connectivity index (χ1) is 19.4. The number of esters is 3. The Kier molecular flexibility index (Phi) is 11.5. The molecule has 8 heteroatoms. The van der Waals surface area contributed by atoms with Crippen LogP contribution in [0.25, 0.3) is 11.1 Å². The van der Waals surface area contributed by atoms with Gasteiger partial charge in [0.2, 0.25) is 0 Å². The summed E-state index contributed by atoms with van der Waals surface area (Å²) in [6.45, 7) is 9.52. The number of carbonyl (C=O) groups is 3. The molecule has 40 heavy (non-hydrogen) atoms. The standard InChI is InChI=1S/C32H32O8/c1-4-36-30(33)7-5-20-37-28-16-12-26(13-17-28)32(35)40-29-18-10-25(11-19-29)24-8-14-27(15-9-24)38-21-6-22-39-31(34)23(2)3/h4,8-19H,1-2,5-7,20-22H2,3H3. The Balaban J connectivity index is 1.43. The molecule has 0 atom stereocenters. The Morgan fingerprint density at radius 2 is 1.25 bits per heavy atom. The predicted octanol–water partition coefficient (Wildman–Crippen LogP) is 6.31. The molecule has 3 rings (SSSR count). The number of hydrogen-bond donors (Lipinski definition) is 0. The van der Waals surface area contributed by atoms with Gasteiger partial charge in [-0.15, -0.1) is 0 Å². The van der Waals surface area contributed by atoms with Crippen LogP contribution in [0.4, 0.5) is 0 Å². The van der Waals surface area contributed by atoms with E-state index in [9.17, 15) is 14.4 Å². The van der Waals surface area contributed by atoms with Gasteiger partial charge in [-0.1, -0.05) is 37.4 Å². The fraction of sp³-hybridized carbons (Fsp3) is 0.219. The molecule has 0 saturated heterocycles. The normalized spacial score (nSPS) is 10.2. The van der Waals surface area contributed by atoms with Crippen molar-refractivity contribution in [3.63, 3.8) is 0 Å². The molecule has 0 aromatic heterocycles. The van der Waals surface area contributed by atoms with Gasteiger partial charge in [0, 0.05) is 18.4 Å². The minimum atomic E-state index is -0.484. The van der Waals surface area contributed by atoms with Crippen LogP contribution >= 0.6 is 0 Å². The van der Waals surface area contributed by atoms with Crippen molar-refractivity contribution in [2.75, 3.05) is 19.8 Å². The van der Waals surface area contributed by atoms with Crippen molar-refractivity contribution in [2.45, 2.75) is 26.2 Å². The summed E-state index contributed by atoms with van der Waals surface area (Å²) in [6.07, 6.45) is 2.41. The van der Waals surface area contributed by atoms with Gasteiger partial charge < -0.3 is 23.7 Å². The molecule has 0 unspecified atom stereocenters. The first-order valence-electron chi connectivity index (χ1n) is 12.8. The Morgan fingerprint density at radius 1 is 0.725 bits per heavy atom. The van der Waals surface area contributed by atoms with Crippen LogP contribution < -0.4 is 14.2 Å². The number of rotatable bonds is 15. The second kappa shape index (κ2) is 15.5. The summed E-state index contributed by atoms with van der Waals surface area (Å²) in [5, 5.41) is 0. The minimum Gasteiger partial charge on any atom is -0.494 e. The molecule has 0 fully saturated rings. The van der Waals surface area contributed by atoms with E-state index < -0.39 is 11.9 Å². The summed E-state index contributed by atoms with van der Waals surface area (Å²) in [5.74, 6) is 0.476. The summed E-state index contributed by atoms with van der Waals surface area (Å²) in [5.41, 5.74) is 2.69. The quantitative estimate of drug-likeness (QED) is 0.0722. The van der Waals surface area contributed by atoms with Crippen LogP contribution in [0.1, 0.15) is 36.5 Å². The first kappa shape index (κ1) is 29.7. The van der Waals surface area contributed by atoms with Crippen molar-refractivity contribution in [2.24, 2.45) is 0 Å². The SMILES string of the molecule is C=COC(=O)CCCOc1ccc(C(=O)Oc2ccc(-c3ccc(OCCCOC(=O)C(=C)C)cc3)cc2)cc1. The van der Waals surface area contributed by atoms with Gasteiger partial charge >= 0.3 is 17.9 Å². The highest BCUT2D eigenvalue weighted by molar-refractivity contribution is 5.91. The number of ether oxygens (including phenoxy) is 5. The van der Waals surface area contributed by atoms with E-state index in [0.717, 1.165) is 17.4 Å². The average molecular weight is 545 g/mol. The van der Waals surface area contributed by atoms with Gasteiger partial charge in [0.05, 0.1) is 31.6 Å². The maximum absolute atomic E-state index is 12.5. The third-order valence-corrected chi connectivity index (χ3v) is 5.49. The van der Waals surface area contributed by atoms with E-state index in [4.69, 9.17) is 18.9 Å². The van der Waals surface area contributed by atoms with Crippen molar-refractivity contribution in [3.05, 3.63) is 103 Å². The molecule has 0 bridgehead atoms. The number of hydrogen-bond acceptors (Lipinski definition) is 8. The molecular formula is C32H32O8. The Morgan fingerprint density at radius 3 is 1.80 bits per heavy atom. The second-order valence-corrected chi connectivity index (χ2v) is 8.69. The molecule has 0 radical (unpaired) electrons. The van der Waals surface area contributed by atoms with E-state index in [1.807, 2.05) is 36.4 Å². The van der Waals surface area contributed by atoms with Gasteiger partial charge in [-0.25, -0.2) is 9.59 Å². The Labute approximate surface area is 233 Å². The van der Waals surface area contributed by atoms with Gasteiger partial charge in [0.15, 0.2) is 0 Å². The van der Waals surface area contributed by atoms with Gasteiger partial charge in [-0.05, 0) is 73.0 Å². The first-order valence-corrected chi connectivity index (χ1v) is 12.8. The van der Waals surface area contributed by atoms with Crippen LogP contribution in [-0.4, -0.2) is 37.7 Å². The lowest BCUT2D eigenvalue weighted by Gasteiger charge is -2.09. The lowest BCUT2D eigenvalue weighted by Crippen LogP contribution is -2.09. The molecule has 0 aliphatic carbocycles. The van der Waals surface area contributed by atoms with Crippen LogP contribution in [0.15, 0.2) is 97.8 Å². The van der Waals surface area contributed by atoms with Crippen LogP contribution in [-0.2, 0) is 19.1 Å². The van der Waals surface area contributed by atoms with Crippen LogP contribution in [0.2, 0.25) is 0 Å². The maximum atomic E-state index is 12.5. The molecule has 0 amide bonds. The van der Waals surface area contributed by atoms with Crippen molar-refractivity contribution in [1.29, 1.82) is 0 Å². The summed E-state index contributed by atoms with van der Waals surface area (Å²) >= 11 is 0. The molecule has 0 N–H and O–H groups in total. The van der Waals surface area contributed by atoms with Crippen molar-refractivity contribution in [1.82, 2.24) is 0 Å². The largest absolute Gasteiger partial charge is 0.494 e. The van der Waals surface area contributed by atoms with Crippen molar-refractivity contribution >= 4 is 17.9 Å². The van der Waals surface area contributed by atoms with Gasteiger partial charge in [-0.3, -0.25) is 4.79 Å². The van der Waals surface area contributed by atoms with Crippen LogP contribution in [0.5, 0.6) is 17.2 Å². The number of carbonyl (C=O) groups excluding carboxylic acids is 3. The molecule has 0 aliphatic rings. The van der Waals surface area contributed by atoms with E-state index >= 15 is 0 Å². The topological polar surface area (TPSA) is 97.4 Å². The highest BCUT2D eigenvalue weighted by atomic mass is 16.5. The third-order valence-electron chi connectivity index (χ3n) is 5.49. The lowest BCUT2D eigenvalue weighted by molar-refractivity contribution is -0.139. The number of benzene rings is 3. The lowest BCUT2D eigenvalue weighted by atomic mass is 10.1. The highest BCUT2D eigenvalue weighted by Crippen LogP contribution is 2.25. The van der Waals surface area contributed by atoms with E-state index in [1.54, 1.807) is 43.3 Å². The Bertz CT molecular complexity index is 1290. The minimum absolute atomic E-state index is 0.229. The fourth-order valence-electron chi connectivity index (χ4n) is 3.41. The third kappa shape index (κ3) is 9.79. The molecule has 0 heterocycles. The van der Waals surface area contributed by atoms with Crippen LogP contribution in [0.3, 0.4) is 0 Å². The van der Waals surface area contributed by atoms with Gasteiger partial charge in [0.1, 0.15) is 17.2 Å². The molecule has 3 aromatic rings. The fourth-order valence-corrected chi connectivity index (χ4v) is 3.41. The van der Waals surface area contributed by atoms with E-state index in [2.05, 4.69) is 17.9 Å². The van der Waals surface area contributed by atoms with Crippen molar-refractivity contribution < 1.29 is 38.1 Å². The van der Waals surface area contributed by atoms with E-state index in [-0.39, 0.29) is 19.0 Å². The monoisotopic (exact) mass is 544 g/mol. The van der Waals surface area contributed by atoms with E-state index in [0.29, 0.717) is 54.4 Å². The zero-order chi connectivity index (χ0) is 28.7. The van der Waals surface area contributed by atoms with Crippen LogP contribution in [0, 0.1) is 0 Å². The zero-order valence-corrected chi connectivity index (χ0v) is 22.4. The zero-order valence-electron chi connectivity index (χ0n) is 22.4. The molecular weight excluding hydrogens is 512 g/mol. The highest BCUT2D eigenvalue weighted by Gasteiger charge is 2.10. The summed E-state index contributed by atoms with van der Waals surface area (Å²) < 4.78 is 26.5. The van der Waals surface area contributed by atoms with Crippen molar-refractivity contribution in [3.8, 4) is 28.4 Å². The summed E-state index contributed by atoms with van der Waals surface area (Å²) in [4.78, 5) is 35.2. The smallest absolute Gasteiger partial charge is 0.343 e. The predicted molar refractivity (Wildman–Crippen MR) is 150 cm³/mol. The molecule has 208 valence electrons. The summed E-state index contributed by atoms with van der Waals surface area (Å²) in [6, 6.07) is 21.4. The maximum Gasteiger partial charge on any atom is 0.343 e. The molecule has 0 aliphatic heterocycles. The summed E-state index contributed by atoms with van der Waals surface area (Å²) in [7, 11) is 0. The molecule has 8 nitrogen and oxygen atoms in total. The van der Waals surface area contributed by atoms with Gasteiger partial charge in [-0.2, -0.15) is 0 Å². The molecule has 3 aromatic carbocycles. The molecule has 0 saturated carbocycles.